The molecule has 3 aromatic rings. The van der Waals surface area contributed by atoms with Crippen LogP contribution in [-0.4, -0.2) is 32.9 Å². The lowest BCUT2D eigenvalue weighted by Gasteiger charge is -2.44. The van der Waals surface area contributed by atoms with E-state index in [-0.39, 0.29) is 17.9 Å². The van der Waals surface area contributed by atoms with E-state index in [4.69, 9.17) is 0 Å². The van der Waals surface area contributed by atoms with E-state index in [1.165, 1.54) is 12.0 Å². The number of nitrogens with zero attached hydrogens (tertiary/aromatic N) is 2. The number of thiophene rings is 1. The lowest BCUT2D eigenvalue weighted by atomic mass is 9.91. The van der Waals surface area contributed by atoms with Crippen LogP contribution in [0.25, 0.3) is 10.2 Å². The second-order valence-corrected chi connectivity index (χ2v) is 10.3. The Morgan fingerprint density at radius 2 is 1.84 bits per heavy atom. The maximum absolute atomic E-state index is 13.8. The van der Waals surface area contributed by atoms with Crippen molar-refractivity contribution in [2.45, 2.75) is 77.0 Å². The molecule has 5 rings (SSSR count). The van der Waals surface area contributed by atoms with Crippen LogP contribution in [0.1, 0.15) is 67.6 Å². The molecule has 1 aromatic carbocycles. The lowest BCUT2D eigenvalue weighted by Crippen LogP contribution is -2.64. The van der Waals surface area contributed by atoms with Gasteiger partial charge in [-0.3, -0.25) is 9.59 Å². The van der Waals surface area contributed by atoms with E-state index in [9.17, 15) is 9.59 Å². The van der Waals surface area contributed by atoms with Crippen LogP contribution in [-0.2, 0) is 24.3 Å². The number of aromatic nitrogens is 1. The van der Waals surface area contributed by atoms with Gasteiger partial charge in [0.1, 0.15) is 16.1 Å². The molecule has 5 nitrogen and oxygen atoms in total. The van der Waals surface area contributed by atoms with E-state index < -0.39 is 5.54 Å². The molecule has 1 atom stereocenters. The SMILES string of the molecule is CCc1ccc(CN2C(=O)c3cc4ccsc4n3C[C@]2(C)C(=O)NC2CCCCC2)cc1. The summed E-state index contributed by atoms with van der Waals surface area (Å²) in [6.07, 6.45) is 6.59. The van der Waals surface area contributed by atoms with Crippen LogP contribution in [0.3, 0.4) is 0 Å². The third kappa shape index (κ3) is 3.64. The number of fused-ring (bicyclic) bond motifs is 3. The number of carbonyl (C=O) groups excluding carboxylic acids is 2. The van der Waals surface area contributed by atoms with Crippen molar-refractivity contribution in [2.75, 3.05) is 0 Å². The maximum atomic E-state index is 13.8. The lowest BCUT2D eigenvalue weighted by molar-refractivity contribution is -0.134. The van der Waals surface area contributed by atoms with Crippen LogP contribution in [0.2, 0.25) is 0 Å². The molecule has 1 N–H and O–H groups in total. The molecule has 1 fully saturated rings. The highest BCUT2D eigenvalue weighted by Gasteiger charge is 2.48. The Balaban J connectivity index is 1.51. The van der Waals surface area contributed by atoms with Crippen molar-refractivity contribution in [3.8, 4) is 0 Å². The normalized spacial score (nSPS) is 21.7. The van der Waals surface area contributed by atoms with Gasteiger partial charge in [0, 0.05) is 18.0 Å². The maximum Gasteiger partial charge on any atom is 0.271 e. The fraction of sp³-hybridized carbons (Fsp3) is 0.462. The smallest absolute Gasteiger partial charge is 0.271 e. The van der Waals surface area contributed by atoms with E-state index in [0.29, 0.717) is 18.8 Å². The van der Waals surface area contributed by atoms with E-state index in [1.807, 2.05) is 24.4 Å². The van der Waals surface area contributed by atoms with Gasteiger partial charge in [0.25, 0.3) is 5.91 Å². The van der Waals surface area contributed by atoms with Crippen LogP contribution < -0.4 is 5.32 Å². The average Bonchev–Trinajstić information content (AvgIpc) is 3.40. The zero-order valence-corrected chi connectivity index (χ0v) is 19.7. The van der Waals surface area contributed by atoms with Gasteiger partial charge in [-0.25, -0.2) is 0 Å². The van der Waals surface area contributed by atoms with Gasteiger partial charge in [0.2, 0.25) is 5.91 Å². The highest BCUT2D eigenvalue weighted by Crippen LogP contribution is 2.35. The highest BCUT2D eigenvalue weighted by atomic mass is 32.1. The van der Waals surface area contributed by atoms with Crippen molar-refractivity contribution in [1.82, 2.24) is 14.8 Å². The Kier molecular flexibility index (Phi) is 5.58. The molecule has 0 radical (unpaired) electrons. The van der Waals surface area contributed by atoms with Crippen LogP contribution >= 0.6 is 11.3 Å². The van der Waals surface area contributed by atoms with Crippen molar-refractivity contribution in [3.05, 3.63) is 58.6 Å². The molecule has 0 saturated heterocycles. The summed E-state index contributed by atoms with van der Waals surface area (Å²) < 4.78 is 2.06. The molecule has 32 heavy (non-hydrogen) atoms. The van der Waals surface area contributed by atoms with Crippen molar-refractivity contribution >= 4 is 33.4 Å². The van der Waals surface area contributed by atoms with Gasteiger partial charge in [0.15, 0.2) is 0 Å². The number of hydrogen-bond acceptors (Lipinski definition) is 3. The summed E-state index contributed by atoms with van der Waals surface area (Å²) in [6, 6.07) is 12.6. The molecule has 2 amide bonds. The number of benzene rings is 1. The molecular weight excluding hydrogens is 418 g/mol. The molecule has 3 heterocycles. The molecule has 2 aliphatic rings. The average molecular weight is 450 g/mol. The molecule has 1 aliphatic carbocycles. The number of carbonyl (C=O) groups is 2. The number of aryl methyl sites for hydroxylation is 1. The first kappa shape index (κ1) is 21.3. The minimum atomic E-state index is -0.944. The number of nitrogens with one attached hydrogen (secondary N) is 1. The van der Waals surface area contributed by atoms with Crippen LogP contribution in [0, 0.1) is 0 Å². The fourth-order valence-electron chi connectivity index (χ4n) is 5.16. The van der Waals surface area contributed by atoms with Gasteiger partial charge < -0.3 is 14.8 Å². The minimum Gasteiger partial charge on any atom is -0.351 e. The molecule has 0 spiro atoms. The predicted molar refractivity (Wildman–Crippen MR) is 129 cm³/mol. The Morgan fingerprint density at radius 1 is 1.12 bits per heavy atom. The summed E-state index contributed by atoms with van der Waals surface area (Å²) in [6.45, 7) is 4.97. The summed E-state index contributed by atoms with van der Waals surface area (Å²) in [7, 11) is 0. The van der Waals surface area contributed by atoms with Crippen LogP contribution in [0.4, 0.5) is 0 Å². The van der Waals surface area contributed by atoms with Gasteiger partial charge in [-0.15, -0.1) is 11.3 Å². The number of amides is 2. The molecule has 2 aromatic heterocycles. The van der Waals surface area contributed by atoms with Crippen molar-refractivity contribution in [1.29, 1.82) is 0 Å². The van der Waals surface area contributed by atoms with E-state index in [0.717, 1.165) is 47.9 Å². The summed E-state index contributed by atoms with van der Waals surface area (Å²) in [5.41, 5.74) is 2.06. The number of rotatable bonds is 5. The zero-order valence-electron chi connectivity index (χ0n) is 18.9. The molecule has 0 bridgehead atoms. The van der Waals surface area contributed by atoms with Gasteiger partial charge in [-0.1, -0.05) is 50.5 Å². The minimum absolute atomic E-state index is 0.0352. The van der Waals surface area contributed by atoms with Crippen molar-refractivity contribution < 1.29 is 9.59 Å². The Bertz CT molecular complexity index is 1140. The van der Waals surface area contributed by atoms with Crippen molar-refractivity contribution in [3.63, 3.8) is 0 Å². The third-order valence-corrected chi connectivity index (χ3v) is 8.18. The predicted octanol–water partition coefficient (Wildman–Crippen LogP) is 5.13. The standard InChI is InChI=1S/C26H31N3O2S/c1-3-18-9-11-19(12-10-18)16-29-23(30)22-15-20-13-14-32-24(20)28(22)17-26(29,2)25(31)27-21-7-5-4-6-8-21/h9-15,21H,3-8,16-17H2,1-2H3,(H,27,31)/t26-/m1/s1. The second-order valence-electron chi connectivity index (χ2n) is 9.44. The molecular formula is C26H31N3O2S. The molecule has 0 unspecified atom stereocenters. The largest absolute Gasteiger partial charge is 0.351 e. The molecule has 1 saturated carbocycles. The summed E-state index contributed by atoms with van der Waals surface area (Å²) in [5.74, 6) is -0.104. The monoisotopic (exact) mass is 449 g/mol. The Hall–Kier alpha value is -2.60. The molecule has 168 valence electrons. The summed E-state index contributed by atoms with van der Waals surface area (Å²) >= 11 is 1.63. The summed E-state index contributed by atoms with van der Waals surface area (Å²) in [4.78, 5) is 30.3. The quantitative estimate of drug-likeness (QED) is 0.587. The third-order valence-electron chi connectivity index (χ3n) is 7.23. The fourth-order valence-corrected chi connectivity index (χ4v) is 6.05. The van der Waals surface area contributed by atoms with E-state index >= 15 is 0 Å². The van der Waals surface area contributed by atoms with Crippen LogP contribution in [0.15, 0.2) is 41.8 Å². The molecule has 6 heteroatoms. The van der Waals surface area contributed by atoms with Gasteiger partial charge in [0.05, 0.1) is 6.54 Å². The van der Waals surface area contributed by atoms with E-state index in [1.54, 1.807) is 16.2 Å². The Labute approximate surface area is 193 Å². The van der Waals surface area contributed by atoms with Crippen molar-refractivity contribution in [2.24, 2.45) is 0 Å². The number of hydrogen-bond donors (Lipinski definition) is 1. The molecule has 1 aliphatic heterocycles. The Morgan fingerprint density at radius 3 is 2.56 bits per heavy atom. The zero-order chi connectivity index (χ0) is 22.3. The first-order valence-corrected chi connectivity index (χ1v) is 12.6. The first-order chi connectivity index (χ1) is 15.5. The van der Waals surface area contributed by atoms with Crippen LogP contribution in [0.5, 0.6) is 0 Å². The topological polar surface area (TPSA) is 54.3 Å². The second kappa shape index (κ2) is 8.39. The van der Waals surface area contributed by atoms with Gasteiger partial charge in [-0.05, 0) is 54.8 Å². The van der Waals surface area contributed by atoms with E-state index in [2.05, 4.69) is 41.1 Å². The summed E-state index contributed by atoms with van der Waals surface area (Å²) in [5, 5.41) is 6.42. The highest BCUT2D eigenvalue weighted by molar-refractivity contribution is 7.16. The van der Waals surface area contributed by atoms with Gasteiger partial charge >= 0.3 is 0 Å². The van der Waals surface area contributed by atoms with Gasteiger partial charge in [-0.2, -0.15) is 0 Å². The first-order valence-electron chi connectivity index (χ1n) is 11.8.